The smallest absolute Gasteiger partial charge is 0.218 e. The molecule has 0 aliphatic carbocycles. The Balaban J connectivity index is 1.51. The number of hydrogen-bond donors (Lipinski definition) is 0. The van der Waals surface area contributed by atoms with Crippen LogP contribution in [0.15, 0.2) is 43.0 Å². The highest BCUT2D eigenvalue weighted by Crippen LogP contribution is 2.14. The minimum atomic E-state index is -3.41. The fraction of sp³-hybridized carbons (Fsp3) is 0.438. The molecule has 24 heavy (non-hydrogen) atoms. The number of piperazine rings is 1. The summed E-state index contributed by atoms with van der Waals surface area (Å²) < 4.78 is 41.7. The topological polar surface area (TPSA) is 58.4 Å². The lowest BCUT2D eigenvalue weighted by atomic mass is 10.2. The molecule has 3 rings (SSSR count). The van der Waals surface area contributed by atoms with Gasteiger partial charge in [0, 0.05) is 51.7 Å². The Morgan fingerprint density at radius 3 is 2.58 bits per heavy atom. The molecule has 0 amide bonds. The van der Waals surface area contributed by atoms with Crippen LogP contribution in [0.3, 0.4) is 0 Å². The van der Waals surface area contributed by atoms with Gasteiger partial charge in [-0.1, -0.05) is 12.1 Å². The number of nitrogens with zero attached hydrogens (tertiary/aromatic N) is 4. The van der Waals surface area contributed by atoms with E-state index in [1.807, 2.05) is 10.8 Å². The lowest BCUT2D eigenvalue weighted by Crippen LogP contribution is -2.49. The summed E-state index contributed by atoms with van der Waals surface area (Å²) in [5.74, 6) is -0.563. The standard InChI is InChI=1S/C16H21FN4O2S/c17-16-3-1-2-15(12-16)13-24(22,23)21-10-8-19(9-11-21)6-7-20-5-4-18-14-20/h1-5,12,14H,6-11,13H2. The SMILES string of the molecule is O=S(=O)(Cc1cccc(F)c1)N1CCN(CCn2ccnc2)CC1. The maximum Gasteiger partial charge on any atom is 0.218 e. The first-order chi connectivity index (χ1) is 11.5. The van der Waals surface area contributed by atoms with E-state index in [2.05, 4.69) is 9.88 Å². The van der Waals surface area contributed by atoms with Crippen molar-refractivity contribution < 1.29 is 12.8 Å². The van der Waals surface area contributed by atoms with Crippen LogP contribution >= 0.6 is 0 Å². The summed E-state index contributed by atoms with van der Waals surface area (Å²) in [4.78, 5) is 6.25. The average Bonchev–Trinajstić information content (AvgIpc) is 3.06. The molecule has 130 valence electrons. The van der Waals surface area contributed by atoms with Gasteiger partial charge in [0.15, 0.2) is 0 Å². The molecule has 1 aromatic carbocycles. The molecule has 1 aromatic heterocycles. The van der Waals surface area contributed by atoms with Gasteiger partial charge >= 0.3 is 0 Å². The van der Waals surface area contributed by atoms with E-state index in [-0.39, 0.29) is 5.75 Å². The molecule has 0 atom stereocenters. The van der Waals surface area contributed by atoms with Gasteiger partial charge in [0.05, 0.1) is 12.1 Å². The zero-order valence-electron chi connectivity index (χ0n) is 13.4. The second-order valence-electron chi connectivity index (χ2n) is 5.93. The van der Waals surface area contributed by atoms with E-state index in [4.69, 9.17) is 0 Å². The summed E-state index contributed by atoms with van der Waals surface area (Å²) in [7, 11) is -3.41. The number of benzene rings is 1. The van der Waals surface area contributed by atoms with Crippen LogP contribution in [-0.4, -0.2) is 59.9 Å². The van der Waals surface area contributed by atoms with Gasteiger partial charge in [0.25, 0.3) is 0 Å². The van der Waals surface area contributed by atoms with Crippen molar-refractivity contribution in [2.75, 3.05) is 32.7 Å². The molecule has 1 aliphatic rings. The van der Waals surface area contributed by atoms with E-state index in [0.29, 0.717) is 31.7 Å². The number of rotatable bonds is 6. The molecule has 1 fully saturated rings. The van der Waals surface area contributed by atoms with Crippen molar-refractivity contribution in [2.45, 2.75) is 12.3 Å². The average molecular weight is 352 g/mol. The summed E-state index contributed by atoms with van der Waals surface area (Å²) in [6.07, 6.45) is 5.44. The lowest BCUT2D eigenvalue weighted by molar-refractivity contribution is 0.183. The number of imidazole rings is 1. The minimum Gasteiger partial charge on any atom is -0.336 e. The Labute approximate surface area is 141 Å². The van der Waals surface area contributed by atoms with Gasteiger partial charge in [0.1, 0.15) is 5.82 Å². The first-order valence-corrected chi connectivity index (χ1v) is 9.54. The van der Waals surface area contributed by atoms with Crippen molar-refractivity contribution >= 4 is 10.0 Å². The molecular formula is C16H21FN4O2S. The molecule has 0 unspecified atom stereocenters. The Bertz CT molecular complexity index is 756. The second kappa shape index (κ2) is 7.42. The van der Waals surface area contributed by atoms with E-state index < -0.39 is 15.8 Å². The number of halogens is 1. The number of hydrogen-bond acceptors (Lipinski definition) is 4. The quantitative estimate of drug-likeness (QED) is 0.783. The third-order valence-corrected chi connectivity index (χ3v) is 6.05. The van der Waals surface area contributed by atoms with Crippen molar-refractivity contribution in [1.82, 2.24) is 18.8 Å². The van der Waals surface area contributed by atoms with Crippen LogP contribution < -0.4 is 0 Å². The third kappa shape index (κ3) is 4.40. The predicted molar refractivity (Wildman–Crippen MR) is 89.3 cm³/mol. The summed E-state index contributed by atoms with van der Waals surface area (Å²) in [6.45, 7) is 4.07. The van der Waals surface area contributed by atoms with E-state index in [1.54, 1.807) is 18.6 Å². The molecule has 6 nitrogen and oxygen atoms in total. The van der Waals surface area contributed by atoms with Gasteiger partial charge in [-0.2, -0.15) is 4.31 Å². The van der Waals surface area contributed by atoms with Gasteiger partial charge in [-0.25, -0.2) is 17.8 Å². The van der Waals surface area contributed by atoms with Gasteiger partial charge < -0.3 is 4.57 Å². The molecule has 2 aromatic rings. The molecule has 0 spiro atoms. The molecule has 8 heteroatoms. The van der Waals surface area contributed by atoms with Gasteiger partial charge in [-0.3, -0.25) is 4.90 Å². The lowest BCUT2D eigenvalue weighted by Gasteiger charge is -2.34. The maximum absolute atomic E-state index is 13.2. The third-order valence-electron chi connectivity index (χ3n) is 4.20. The highest BCUT2D eigenvalue weighted by atomic mass is 32.2. The molecule has 0 radical (unpaired) electrons. The summed E-state index contributed by atoms with van der Waals surface area (Å²) in [5, 5.41) is 0. The largest absolute Gasteiger partial charge is 0.336 e. The van der Waals surface area contributed by atoms with Crippen molar-refractivity contribution in [3.63, 3.8) is 0 Å². The molecule has 0 bridgehead atoms. The van der Waals surface area contributed by atoms with Crippen molar-refractivity contribution in [3.8, 4) is 0 Å². The summed E-state index contributed by atoms with van der Waals surface area (Å²) >= 11 is 0. The normalized spacial score (nSPS) is 17.2. The monoisotopic (exact) mass is 352 g/mol. The molecule has 1 aliphatic heterocycles. The second-order valence-corrected chi connectivity index (χ2v) is 7.90. The van der Waals surface area contributed by atoms with Crippen LogP contribution in [0, 0.1) is 5.82 Å². The first kappa shape index (κ1) is 17.1. The maximum atomic E-state index is 13.2. The van der Waals surface area contributed by atoms with Crippen LogP contribution in [0.25, 0.3) is 0 Å². The van der Waals surface area contributed by atoms with Gasteiger partial charge in [-0.15, -0.1) is 0 Å². The Morgan fingerprint density at radius 1 is 1.12 bits per heavy atom. The zero-order valence-corrected chi connectivity index (χ0v) is 14.2. The molecule has 0 N–H and O–H groups in total. The van der Waals surface area contributed by atoms with Crippen LogP contribution in [0.1, 0.15) is 5.56 Å². The Kier molecular flexibility index (Phi) is 5.27. The fourth-order valence-corrected chi connectivity index (χ4v) is 4.34. The predicted octanol–water partition coefficient (Wildman–Crippen LogP) is 1.17. The Morgan fingerprint density at radius 2 is 1.92 bits per heavy atom. The number of aromatic nitrogens is 2. The highest BCUT2D eigenvalue weighted by molar-refractivity contribution is 7.88. The molecular weight excluding hydrogens is 331 g/mol. The zero-order chi connectivity index (χ0) is 17.0. The van der Waals surface area contributed by atoms with Crippen LogP contribution in [-0.2, 0) is 22.3 Å². The molecule has 1 saturated heterocycles. The van der Waals surface area contributed by atoms with E-state index in [1.165, 1.54) is 22.5 Å². The van der Waals surface area contributed by atoms with Crippen molar-refractivity contribution in [3.05, 3.63) is 54.4 Å². The van der Waals surface area contributed by atoms with Crippen molar-refractivity contribution in [1.29, 1.82) is 0 Å². The van der Waals surface area contributed by atoms with Gasteiger partial charge in [0.2, 0.25) is 10.0 Å². The fourth-order valence-electron chi connectivity index (χ4n) is 2.84. The van der Waals surface area contributed by atoms with Crippen molar-refractivity contribution in [2.24, 2.45) is 0 Å². The Hall–Kier alpha value is -1.77. The number of sulfonamides is 1. The molecule has 0 saturated carbocycles. The first-order valence-electron chi connectivity index (χ1n) is 7.93. The van der Waals surface area contributed by atoms with E-state index >= 15 is 0 Å². The van der Waals surface area contributed by atoms with E-state index in [9.17, 15) is 12.8 Å². The highest BCUT2D eigenvalue weighted by Gasteiger charge is 2.27. The van der Waals surface area contributed by atoms with Crippen LogP contribution in [0.4, 0.5) is 4.39 Å². The van der Waals surface area contributed by atoms with Gasteiger partial charge in [-0.05, 0) is 17.7 Å². The van der Waals surface area contributed by atoms with Crippen LogP contribution in [0.2, 0.25) is 0 Å². The summed E-state index contributed by atoms with van der Waals surface area (Å²) in [5.41, 5.74) is 0.484. The van der Waals surface area contributed by atoms with E-state index in [0.717, 1.165) is 13.1 Å². The molecule has 2 heterocycles. The van der Waals surface area contributed by atoms with Crippen LogP contribution in [0.5, 0.6) is 0 Å². The minimum absolute atomic E-state index is 0.153. The summed E-state index contributed by atoms with van der Waals surface area (Å²) in [6, 6.07) is 5.77.